The first kappa shape index (κ1) is 19.6. The van der Waals surface area contributed by atoms with Gasteiger partial charge < -0.3 is 15.0 Å². The van der Waals surface area contributed by atoms with Crippen LogP contribution in [-0.4, -0.2) is 26.1 Å². The predicted octanol–water partition coefficient (Wildman–Crippen LogP) is 3.38. The highest BCUT2D eigenvalue weighted by Crippen LogP contribution is 2.29. The van der Waals surface area contributed by atoms with E-state index >= 15 is 0 Å². The van der Waals surface area contributed by atoms with Crippen LogP contribution >= 0.6 is 0 Å². The van der Waals surface area contributed by atoms with Crippen LogP contribution in [0.15, 0.2) is 36.4 Å². The van der Waals surface area contributed by atoms with Crippen molar-refractivity contribution in [3.63, 3.8) is 0 Å². The zero-order chi connectivity index (χ0) is 20.1. The van der Waals surface area contributed by atoms with E-state index in [9.17, 15) is 13.6 Å². The number of hydrogen-bond donors (Lipinski definition) is 1. The third-order valence-electron chi connectivity index (χ3n) is 4.95. The number of nitrogens with zero attached hydrogens (tertiary/aromatic N) is 2. The molecule has 0 saturated carbocycles. The predicted molar refractivity (Wildman–Crippen MR) is 101 cm³/mol. The SMILES string of the molecule is COc1ccc(CNC(=O)C2CCN(c3c(F)cc(C#N)cc3F)CC2)cc1. The van der Waals surface area contributed by atoms with Crippen molar-refractivity contribution in [2.75, 3.05) is 25.1 Å². The number of halogens is 2. The van der Waals surface area contributed by atoms with Crippen molar-refractivity contribution in [1.29, 1.82) is 5.26 Å². The summed E-state index contributed by atoms with van der Waals surface area (Å²) in [6, 6.07) is 11.2. The molecular weight excluding hydrogens is 364 g/mol. The summed E-state index contributed by atoms with van der Waals surface area (Å²) in [4.78, 5) is 14.0. The van der Waals surface area contributed by atoms with Crippen LogP contribution in [0.2, 0.25) is 0 Å². The standard InChI is InChI=1S/C21H21F2N3O2/c1-28-17-4-2-14(3-5-17)13-25-21(27)16-6-8-26(9-7-16)20-18(22)10-15(12-24)11-19(20)23/h2-5,10-11,16H,6-9,13H2,1H3,(H,25,27). The van der Waals surface area contributed by atoms with Gasteiger partial charge in [-0.15, -0.1) is 0 Å². The Kier molecular flexibility index (Phi) is 6.09. The number of anilines is 1. The summed E-state index contributed by atoms with van der Waals surface area (Å²) < 4.78 is 33.5. The fourth-order valence-electron chi connectivity index (χ4n) is 3.37. The molecule has 7 heteroatoms. The minimum absolute atomic E-state index is 0.0495. The molecule has 5 nitrogen and oxygen atoms in total. The second kappa shape index (κ2) is 8.70. The molecule has 0 atom stereocenters. The highest BCUT2D eigenvalue weighted by molar-refractivity contribution is 5.79. The Balaban J connectivity index is 1.55. The number of hydrogen-bond acceptors (Lipinski definition) is 4. The quantitative estimate of drug-likeness (QED) is 0.857. The Bertz CT molecular complexity index is 863. The average Bonchev–Trinajstić information content (AvgIpc) is 2.72. The van der Waals surface area contributed by atoms with Gasteiger partial charge >= 0.3 is 0 Å². The van der Waals surface area contributed by atoms with E-state index in [1.165, 1.54) is 0 Å². The first-order valence-electron chi connectivity index (χ1n) is 9.06. The third-order valence-corrected chi connectivity index (χ3v) is 4.95. The second-order valence-electron chi connectivity index (χ2n) is 6.73. The van der Waals surface area contributed by atoms with Crippen LogP contribution in [0.5, 0.6) is 5.75 Å². The van der Waals surface area contributed by atoms with Gasteiger partial charge in [-0.2, -0.15) is 5.26 Å². The molecule has 1 amide bonds. The fourth-order valence-corrected chi connectivity index (χ4v) is 3.37. The van der Waals surface area contributed by atoms with Gasteiger partial charge in [-0.05, 0) is 42.7 Å². The van der Waals surface area contributed by atoms with Crippen molar-refractivity contribution in [3.05, 3.63) is 59.2 Å². The highest BCUT2D eigenvalue weighted by atomic mass is 19.1. The molecule has 3 rings (SSSR count). The first-order valence-corrected chi connectivity index (χ1v) is 9.06. The van der Waals surface area contributed by atoms with Crippen LogP contribution in [-0.2, 0) is 11.3 Å². The monoisotopic (exact) mass is 385 g/mol. The van der Waals surface area contributed by atoms with E-state index in [4.69, 9.17) is 10.00 Å². The van der Waals surface area contributed by atoms with Crippen LogP contribution < -0.4 is 15.0 Å². The van der Waals surface area contributed by atoms with Gasteiger partial charge in [-0.1, -0.05) is 12.1 Å². The summed E-state index contributed by atoms with van der Waals surface area (Å²) in [5.41, 5.74) is 0.788. The van der Waals surface area contributed by atoms with Crippen molar-refractivity contribution in [2.45, 2.75) is 19.4 Å². The molecular formula is C21H21F2N3O2. The van der Waals surface area contributed by atoms with E-state index in [-0.39, 0.29) is 23.1 Å². The fraction of sp³-hybridized carbons (Fsp3) is 0.333. The van der Waals surface area contributed by atoms with Crippen LogP contribution in [0.3, 0.4) is 0 Å². The van der Waals surface area contributed by atoms with Gasteiger partial charge in [0.2, 0.25) is 5.91 Å². The van der Waals surface area contributed by atoms with Gasteiger partial charge in [-0.3, -0.25) is 4.79 Å². The van der Waals surface area contributed by atoms with E-state index in [0.29, 0.717) is 32.5 Å². The highest BCUT2D eigenvalue weighted by Gasteiger charge is 2.28. The molecule has 2 aromatic rings. The Morgan fingerprint density at radius 2 is 1.82 bits per heavy atom. The molecule has 0 bridgehead atoms. The molecule has 0 spiro atoms. The van der Waals surface area contributed by atoms with Gasteiger partial charge in [0.1, 0.15) is 11.4 Å². The average molecular weight is 385 g/mol. The summed E-state index contributed by atoms with van der Waals surface area (Å²) in [6.45, 7) is 1.17. The summed E-state index contributed by atoms with van der Waals surface area (Å²) >= 11 is 0. The lowest BCUT2D eigenvalue weighted by atomic mass is 9.95. The number of rotatable bonds is 5. The van der Waals surface area contributed by atoms with E-state index in [0.717, 1.165) is 23.4 Å². The number of nitriles is 1. The van der Waals surface area contributed by atoms with E-state index < -0.39 is 11.6 Å². The molecule has 146 valence electrons. The maximum atomic E-state index is 14.2. The zero-order valence-corrected chi connectivity index (χ0v) is 15.5. The molecule has 0 radical (unpaired) electrons. The summed E-state index contributed by atoms with van der Waals surface area (Å²) in [7, 11) is 1.60. The molecule has 0 aliphatic carbocycles. The van der Waals surface area contributed by atoms with Crippen LogP contribution in [0.25, 0.3) is 0 Å². The van der Waals surface area contributed by atoms with E-state index in [1.54, 1.807) is 18.1 Å². The molecule has 1 aliphatic heterocycles. The van der Waals surface area contributed by atoms with Crippen molar-refractivity contribution >= 4 is 11.6 Å². The van der Waals surface area contributed by atoms with E-state index in [1.807, 2.05) is 24.3 Å². The molecule has 1 saturated heterocycles. The number of amides is 1. The van der Waals surface area contributed by atoms with Gasteiger partial charge in [-0.25, -0.2) is 8.78 Å². The Morgan fingerprint density at radius 3 is 2.36 bits per heavy atom. The van der Waals surface area contributed by atoms with Crippen molar-refractivity contribution in [3.8, 4) is 11.8 Å². The molecule has 1 aliphatic rings. The lowest BCUT2D eigenvalue weighted by Crippen LogP contribution is -2.41. The maximum absolute atomic E-state index is 14.2. The summed E-state index contributed by atoms with van der Waals surface area (Å²) in [5, 5.41) is 11.7. The van der Waals surface area contributed by atoms with Gasteiger partial charge in [0, 0.05) is 25.6 Å². The topological polar surface area (TPSA) is 65.4 Å². The Hall–Kier alpha value is -3.14. The molecule has 0 aromatic heterocycles. The second-order valence-corrected chi connectivity index (χ2v) is 6.73. The van der Waals surface area contributed by atoms with Crippen LogP contribution in [0, 0.1) is 28.9 Å². The molecule has 1 N–H and O–H groups in total. The molecule has 2 aromatic carbocycles. The van der Waals surface area contributed by atoms with Gasteiger partial charge in [0.05, 0.1) is 18.7 Å². The Labute approximate surface area is 162 Å². The van der Waals surface area contributed by atoms with Gasteiger partial charge in [0.25, 0.3) is 0 Å². The van der Waals surface area contributed by atoms with Crippen molar-refractivity contribution in [2.24, 2.45) is 5.92 Å². The number of nitrogens with one attached hydrogen (secondary N) is 1. The van der Waals surface area contributed by atoms with E-state index in [2.05, 4.69) is 5.32 Å². The lowest BCUT2D eigenvalue weighted by Gasteiger charge is -2.33. The molecule has 28 heavy (non-hydrogen) atoms. The molecule has 0 unspecified atom stereocenters. The third kappa shape index (κ3) is 4.39. The van der Waals surface area contributed by atoms with Crippen LogP contribution in [0.4, 0.5) is 14.5 Å². The summed E-state index contributed by atoms with van der Waals surface area (Å²) in [6.07, 6.45) is 1.01. The van der Waals surface area contributed by atoms with Crippen molar-refractivity contribution in [1.82, 2.24) is 5.32 Å². The minimum Gasteiger partial charge on any atom is -0.497 e. The largest absolute Gasteiger partial charge is 0.497 e. The number of carbonyl (C=O) groups excluding carboxylic acids is 1. The lowest BCUT2D eigenvalue weighted by molar-refractivity contribution is -0.125. The molecule has 1 fully saturated rings. The number of methoxy groups -OCH3 is 1. The first-order chi connectivity index (χ1) is 13.5. The number of benzene rings is 2. The summed E-state index contributed by atoms with van der Waals surface area (Å²) in [5.74, 6) is -1.00. The van der Waals surface area contributed by atoms with Crippen LogP contribution in [0.1, 0.15) is 24.0 Å². The number of piperidine rings is 1. The molecule has 1 heterocycles. The number of ether oxygens (including phenoxy) is 1. The normalized spacial score (nSPS) is 14.4. The smallest absolute Gasteiger partial charge is 0.223 e. The maximum Gasteiger partial charge on any atom is 0.223 e. The minimum atomic E-state index is -0.751. The Morgan fingerprint density at radius 1 is 1.21 bits per heavy atom. The van der Waals surface area contributed by atoms with Gasteiger partial charge in [0.15, 0.2) is 11.6 Å². The zero-order valence-electron chi connectivity index (χ0n) is 15.5. The van der Waals surface area contributed by atoms with Crippen molar-refractivity contribution < 1.29 is 18.3 Å². The number of carbonyl (C=O) groups is 1.